The SMILES string of the molecule is CC=N/C(=C\C)c1cc(CCl)ccc1N(C(=O)OC(C)(C)C)c1ccc(C(F)(F)F)cc1. The van der Waals surface area contributed by atoms with E-state index in [4.69, 9.17) is 16.3 Å². The number of nitrogens with zero attached hydrogens (tertiary/aromatic N) is 2. The van der Waals surface area contributed by atoms with Crippen molar-refractivity contribution in [2.45, 2.75) is 52.3 Å². The summed E-state index contributed by atoms with van der Waals surface area (Å²) in [7, 11) is 0. The van der Waals surface area contributed by atoms with Gasteiger partial charge in [-0.05, 0) is 76.6 Å². The summed E-state index contributed by atoms with van der Waals surface area (Å²) in [6, 6.07) is 9.57. The standard InChI is InChI=1S/C24H26ClF3N2O2/c1-6-20(29-7-2)19-14-16(15-25)8-13-21(19)30(22(31)32-23(3,4)5)18-11-9-17(10-12-18)24(26,27)28/h6-14H,15H2,1-5H3/b20-6-,29-7?. The highest BCUT2D eigenvalue weighted by atomic mass is 35.5. The average Bonchev–Trinajstić information content (AvgIpc) is 2.71. The Balaban J connectivity index is 2.74. The van der Waals surface area contributed by atoms with Crippen molar-refractivity contribution < 1.29 is 22.7 Å². The number of hydrogen-bond acceptors (Lipinski definition) is 3. The largest absolute Gasteiger partial charge is 0.443 e. The Morgan fingerprint density at radius 1 is 1.09 bits per heavy atom. The Morgan fingerprint density at radius 2 is 1.72 bits per heavy atom. The van der Waals surface area contributed by atoms with Crippen molar-refractivity contribution in [1.82, 2.24) is 0 Å². The van der Waals surface area contributed by atoms with Gasteiger partial charge in [0.2, 0.25) is 0 Å². The molecule has 0 radical (unpaired) electrons. The number of allylic oxidation sites excluding steroid dienone is 1. The van der Waals surface area contributed by atoms with E-state index in [1.807, 2.05) is 0 Å². The molecule has 172 valence electrons. The molecule has 0 aliphatic carbocycles. The van der Waals surface area contributed by atoms with Crippen LogP contribution in [0.15, 0.2) is 53.5 Å². The fraction of sp³-hybridized carbons (Fsp3) is 0.333. The summed E-state index contributed by atoms with van der Waals surface area (Å²) in [5, 5.41) is 0. The zero-order valence-electron chi connectivity index (χ0n) is 18.6. The lowest BCUT2D eigenvalue weighted by atomic mass is 10.0. The maximum Gasteiger partial charge on any atom is 0.419 e. The molecule has 0 heterocycles. The van der Waals surface area contributed by atoms with Crippen molar-refractivity contribution in [3.8, 4) is 0 Å². The summed E-state index contributed by atoms with van der Waals surface area (Å²) in [6.45, 7) is 8.70. The summed E-state index contributed by atoms with van der Waals surface area (Å²) in [4.78, 5) is 18.8. The predicted octanol–water partition coefficient (Wildman–Crippen LogP) is 7.97. The van der Waals surface area contributed by atoms with Gasteiger partial charge < -0.3 is 4.74 Å². The second-order valence-electron chi connectivity index (χ2n) is 7.91. The van der Waals surface area contributed by atoms with Gasteiger partial charge in [-0.1, -0.05) is 12.1 Å². The molecule has 0 fully saturated rings. The van der Waals surface area contributed by atoms with Crippen LogP contribution in [0.1, 0.15) is 51.3 Å². The van der Waals surface area contributed by atoms with E-state index in [2.05, 4.69) is 4.99 Å². The molecule has 0 aromatic heterocycles. The van der Waals surface area contributed by atoms with Crippen LogP contribution in [0, 0.1) is 0 Å². The van der Waals surface area contributed by atoms with E-state index in [1.54, 1.807) is 65.1 Å². The van der Waals surface area contributed by atoms with Gasteiger partial charge in [0.1, 0.15) is 5.60 Å². The van der Waals surface area contributed by atoms with Crippen LogP contribution in [0.5, 0.6) is 0 Å². The number of carbonyl (C=O) groups is 1. The van der Waals surface area contributed by atoms with Gasteiger partial charge in [0.05, 0.1) is 22.6 Å². The average molecular weight is 467 g/mol. The van der Waals surface area contributed by atoms with Crippen molar-refractivity contribution >= 4 is 41.0 Å². The minimum absolute atomic E-state index is 0.225. The summed E-state index contributed by atoms with van der Waals surface area (Å²) in [6.07, 6.45) is -1.83. The molecule has 1 amide bonds. The molecule has 4 nitrogen and oxygen atoms in total. The van der Waals surface area contributed by atoms with Gasteiger partial charge in [0, 0.05) is 17.7 Å². The second kappa shape index (κ2) is 10.2. The normalized spacial score (nSPS) is 12.8. The first-order chi connectivity index (χ1) is 14.9. The Kier molecular flexibility index (Phi) is 8.13. The van der Waals surface area contributed by atoms with Gasteiger partial charge in [-0.2, -0.15) is 13.2 Å². The summed E-state index contributed by atoms with van der Waals surface area (Å²) < 4.78 is 44.8. The molecule has 0 saturated heterocycles. The van der Waals surface area contributed by atoms with E-state index in [9.17, 15) is 18.0 Å². The molecular formula is C24H26ClF3N2O2. The lowest BCUT2D eigenvalue weighted by Crippen LogP contribution is -2.34. The minimum Gasteiger partial charge on any atom is -0.443 e. The van der Waals surface area contributed by atoms with E-state index in [0.717, 1.165) is 17.7 Å². The predicted molar refractivity (Wildman–Crippen MR) is 124 cm³/mol. The van der Waals surface area contributed by atoms with Crippen molar-refractivity contribution in [3.05, 3.63) is 65.2 Å². The molecule has 0 N–H and O–H groups in total. The van der Waals surface area contributed by atoms with Crippen LogP contribution in [0.2, 0.25) is 0 Å². The molecule has 0 aliphatic rings. The first kappa shape index (κ1) is 25.5. The number of rotatable bonds is 5. The third kappa shape index (κ3) is 6.36. The van der Waals surface area contributed by atoms with Crippen molar-refractivity contribution in [2.24, 2.45) is 4.99 Å². The highest BCUT2D eigenvalue weighted by molar-refractivity contribution is 6.17. The number of alkyl halides is 4. The van der Waals surface area contributed by atoms with E-state index < -0.39 is 23.4 Å². The second-order valence-corrected chi connectivity index (χ2v) is 8.17. The first-order valence-electron chi connectivity index (χ1n) is 9.96. The Hall–Kier alpha value is -2.80. The van der Waals surface area contributed by atoms with Crippen molar-refractivity contribution in [3.63, 3.8) is 0 Å². The number of amides is 1. The number of anilines is 2. The molecule has 2 rings (SSSR count). The van der Waals surface area contributed by atoms with E-state index >= 15 is 0 Å². The molecule has 0 atom stereocenters. The topological polar surface area (TPSA) is 41.9 Å². The van der Waals surface area contributed by atoms with Crippen LogP contribution in [0.25, 0.3) is 5.70 Å². The number of benzene rings is 2. The molecule has 0 saturated carbocycles. The molecule has 0 spiro atoms. The highest BCUT2D eigenvalue weighted by Crippen LogP contribution is 2.37. The molecule has 0 bridgehead atoms. The summed E-state index contributed by atoms with van der Waals surface area (Å²) in [5.41, 5.74) is 0.974. The fourth-order valence-corrected chi connectivity index (χ4v) is 3.12. The van der Waals surface area contributed by atoms with Gasteiger partial charge in [-0.15, -0.1) is 11.6 Å². The number of ether oxygens (including phenoxy) is 1. The van der Waals surface area contributed by atoms with Crippen LogP contribution >= 0.6 is 11.6 Å². The van der Waals surface area contributed by atoms with E-state index in [-0.39, 0.29) is 11.6 Å². The van der Waals surface area contributed by atoms with Gasteiger partial charge in [0.15, 0.2) is 0 Å². The van der Waals surface area contributed by atoms with Crippen LogP contribution < -0.4 is 4.90 Å². The summed E-state index contributed by atoms with van der Waals surface area (Å²) >= 11 is 6.01. The zero-order chi connectivity index (χ0) is 24.1. The Labute approximate surface area is 191 Å². The van der Waals surface area contributed by atoms with Crippen LogP contribution in [0.4, 0.5) is 29.3 Å². The maximum atomic E-state index is 13.2. The first-order valence-corrected chi connectivity index (χ1v) is 10.5. The Morgan fingerprint density at radius 3 is 2.19 bits per heavy atom. The molecule has 8 heteroatoms. The molecule has 2 aromatic carbocycles. The minimum atomic E-state index is -4.49. The van der Waals surface area contributed by atoms with E-state index in [1.165, 1.54) is 17.0 Å². The van der Waals surface area contributed by atoms with Crippen molar-refractivity contribution in [1.29, 1.82) is 0 Å². The van der Waals surface area contributed by atoms with Crippen molar-refractivity contribution in [2.75, 3.05) is 4.90 Å². The quantitative estimate of drug-likeness (QED) is 0.331. The molecule has 0 unspecified atom stereocenters. The van der Waals surface area contributed by atoms with Gasteiger partial charge in [0.25, 0.3) is 0 Å². The number of halogens is 4. The number of carbonyl (C=O) groups excluding carboxylic acids is 1. The fourth-order valence-electron chi connectivity index (χ4n) is 2.96. The lowest BCUT2D eigenvalue weighted by Gasteiger charge is -2.29. The zero-order valence-corrected chi connectivity index (χ0v) is 19.4. The van der Waals surface area contributed by atoms with Crippen LogP contribution in [-0.2, 0) is 16.8 Å². The van der Waals surface area contributed by atoms with E-state index in [0.29, 0.717) is 16.9 Å². The van der Waals surface area contributed by atoms with Crippen LogP contribution in [-0.4, -0.2) is 17.9 Å². The van der Waals surface area contributed by atoms with Gasteiger partial charge in [-0.25, -0.2) is 9.69 Å². The molecule has 0 aliphatic heterocycles. The highest BCUT2D eigenvalue weighted by Gasteiger charge is 2.32. The molecule has 2 aromatic rings. The lowest BCUT2D eigenvalue weighted by molar-refractivity contribution is -0.137. The third-order valence-corrected chi connectivity index (χ3v) is 4.61. The smallest absolute Gasteiger partial charge is 0.419 e. The number of aliphatic imine (C=N–C) groups is 1. The number of hydrogen-bond donors (Lipinski definition) is 0. The van der Waals surface area contributed by atoms with Gasteiger partial charge >= 0.3 is 12.3 Å². The van der Waals surface area contributed by atoms with Gasteiger partial charge in [-0.3, -0.25) is 4.99 Å². The monoisotopic (exact) mass is 466 g/mol. The molecular weight excluding hydrogens is 441 g/mol. The Bertz CT molecular complexity index is 1010. The molecule has 32 heavy (non-hydrogen) atoms. The van der Waals surface area contributed by atoms with Crippen LogP contribution in [0.3, 0.4) is 0 Å². The maximum absolute atomic E-state index is 13.2. The summed E-state index contributed by atoms with van der Waals surface area (Å²) in [5.74, 6) is 0.243. The third-order valence-electron chi connectivity index (χ3n) is 4.30.